The number of aliphatic hydroxyl groups is 1. The van der Waals surface area contributed by atoms with E-state index in [-0.39, 0.29) is 35.9 Å². The van der Waals surface area contributed by atoms with Gasteiger partial charge in [0.2, 0.25) is 0 Å². The highest BCUT2D eigenvalue weighted by Crippen LogP contribution is 2.39. The summed E-state index contributed by atoms with van der Waals surface area (Å²) in [4.78, 5) is 33.8. The van der Waals surface area contributed by atoms with Crippen LogP contribution in [-0.2, 0) is 6.18 Å². The van der Waals surface area contributed by atoms with E-state index in [9.17, 15) is 22.8 Å². The van der Waals surface area contributed by atoms with Gasteiger partial charge in [0.1, 0.15) is 5.82 Å². The number of halogens is 4. The van der Waals surface area contributed by atoms with Crippen LogP contribution in [0.1, 0.15) is 26.3 Å². The van der Waals surface area contributed by atoms with E-state index in [0.717, 1.165) is 6.07 Å². The van der Waals surface area contributed by atoms with Crippen LogP contribution in [0.5, 0.6) is 0 Å². The number of carbonyl (C=O) groups is 2. The number of nitrogens with zero attached hydrogens (tertiary/aromatic N) is 4. The van der Waals surface area contributed by atoms with E-state index in [1.807, 2.05) is 0 Å². The summed E-state index contributed by atoms with van der Waals surface area (Å²) in [6, 6.07) is 16.6. The molecule has 3 N–H and O–H groups in total. The van der Waals surface area contributed by atoms with Crippen molar-refractivity contribution in [3.63, 3.8) is 0 Å². The number of hydrogen-bond donors (Lipinski definition) is 3. The van der Waals surface area contributed by atoms with Crippen molar-refractivity contribution in [2.75, 3.05) is 18.5 Å². The Labute approximate surface area is 235 Å². The largest absolute Gasteiger partial charge is 0.417 e. The van der Waals surface area contributed by atoms with E-state index in [1.165, 1.54) is 35.3 Å². The van der Waals surface area contributed by atoms with E-state index in [4.69, 9.17) is 16.7 Å². The molecule has 0 aliphatic rings. The zero-order chi connectivity index (χ0) is 29.1. The Morgan fingerprint density at radius 2 is 1.68 bits per heavy atom. The average molecular weight is 581 g/mol. The zero-order valence-electron chi connectivity index (χ0n) is 21.0. The van der Waals surface area contributed by atoms with Gasteiger partial charge in [-0.1, -0.05) is 29.8 Å². The highest BCUT2D eigenvalue weighted by atomic mass is 35.5. The topological polar surface area (TPSA) is 122 Å². The Morgan fingerprint density at radius 1 is 0.951 bits per heavy atom. The highest BCUT2D eigenvalue weighted by molar-refractivity contribution is 6.34. The molecule has 3 aromatic carbocycles. The maximum atomic E-state index is 13.9. The Balaban J connectivity index is 1.60. The van der Waals surface area contributed by atoms with Crippen LogP contribution in [0.15, 0.2) is 79.1 Å². The summed E-state index contributed by atoms with van der Waals surface area (Å²) in [5.74, 6) is -1.25. The maximum Gasteiger partial charge on any atom is 0.417 e. The van der Waals surface area contributed by atoms with E-state index < -0.39 is 34.1 Å². The summed E-state index contributed by atoms with van der Waals surface area (Å²) < 4.78 is 43.0. The fourth-order valence-electron chi connectivity index (χ4n) is 4.16. The van der Waals surface area contributed by atoms with Crippen molar-refractivity contribution in [1.82, 2.24) is 25.1 Å². The minimum absolute atomic E-state index is 0.0700. The van der Waals surface area contributed by atoms with Gasteiger partial charge in [-0.25, -0.2) is 14.6 Å². The molecule has 5 aromatic rings. The molecule has 0 saturated carbocycles. The molecule has 0 radical (unpaired) electrons. The van der Waals surface area contributed by atoms with E-state index in [2.05, 4.69) is 25.7 Å². The number of anilines is 1. The van der Waals surface area contributed by atoms with Gasteiger partial charge in [0, 0.05) is 35.5 Å². The lowest BCUT2D eigenvalue weighted by molar-refractivity contribution is -0.137. The SMILES string of the molecule is O=C(NCCO)c1ccc2c(NC(=O)c3cc(-c4ncccn4)c(C(F)(F)F)cc3Cl)n(-c3ccccc3)nc2c1. The van der Waals surface area contributed by atoms with Gasteiger partial charge in [0.05, 0.1) is 34.0 Å². The minimum Gasteiger partial charge on any atom is -0.395 e. The number of carbonyl (C=O) groups excluding carboxylic acids is 2. The van der Waals surface area contributed by atoms with Crippen LogP contribution in [0.4, 0.5) is 19.0 Å². The number of alkyl halides is 3. The van der Waals surface area contributed by atoms with Crippen LogP contribution >= 0.6 is 11.6 Å². The van der Waals surface area contributed by atoms with Gasteiger partial charge >= 0.3 is 6.18 Å². The second-order valence-electron chi connectivity index (χ2n) is 8.71. The number of amides is 2. The van der Waals surface area contributed by atoms with Gasteiger partial charge in [0.25, 0.3) is 11.8 Å². The lowest BCUT2D eigenvalue weighted by Gasteiger charge is -2.16. The van der Waals surface area contributed by atoms with Crippen LogP contribution in [0, 0.1) is 0 Å². The summed E-state index contributed by atoms with van der Waals surface area (Å²) in [6.07, 6.45) is -2.20. The first-order valence-corrected chi connectivity index (χ1v) is 12.5. The molecule has 41 heavy (non-hydrogen) atoms. The number of hydrogen-bond acceptors (Lipinski definition) is 6. The molecule has 0 aliphatic carbocycles. The predicted octanol–water partition coefficient (Wildman–Crippen LogP) is 5.13. The molecule has 2 aromatic heterocycles. The first-order valence-electron chi connectivity index (χ1n) is 12.1. The van der Waals surface area contributed by atoms with Crippen molar-refractivity contribution in [3.05, 3.63) is 101 Å². The molecule has 2 heterocycles. The normalized spacial score (nSPS) is 11.4. The van der Waals surface area contributed by atoms with Crippen LogP contribution in [0.25, 0.3) is 28.0 Å². The molecule has 5 rings (SSSR count). The van der Waals surface area contributed by atoms with Crippen LogP contribution < -0.4 is 10.6 Å². The van der Waals surface area contributed by atoms with Crippen molar-refractivity contribution in [1.29, 1.82) is 0 Å². The summed E-state index contributed by atoms with van der Waals surface area (Å²) in [6.45, 7) is -0.155. The summed E-state index contributed by atoms with van der Waals surface area (Å²) in [5.41, 5.74) is -0.527. The molecule has 0 spiro atoms. The Morgan fingerprint density at radius 3 is 2.37 bits per heavy atom. The molecule has 0 saturated heterocycles. The summed E-state index contributed by atoms with van der Waals surface area (Å²) >= 11 is 6.22. The minimum atomic E-state index is -4.78. The second-order valence-corrected chi connectivity index (χ2v) is 9.12. The molecule has 208 valence electrons. The number of nitrogens with one attached hydrogen (secondary N) is 2. The zero-order valence-corrected chi connectivity index (χ0v) is 21.7. The molecular weight excluding hydrogens is 561 g/mol. The summed E-state index contributed by atoms with van der Waals surface area (Å²) in [5, 5.41) is 18.9. The third-order valence-electron chi connectivity index (χ3n) is 6.03. The van der Waals surface area contributed by atoms with Crippen molar-refractivity contribution < 1.29 is 27.9 Å². The molecule has 9 nitrogen and oxygen atoms in total. The number of aromatic nitrogens is 4. The van der Waals surface area contributed by atoms with Crippen molar-refractivity contribution >= 4 is 40.1 Å². The van der Waals surface area contributed by atoms with E-state index >= 15 is 0 Å². The number of fused-ring (bicyclic) bond motifs is 1. The predicted molar refractivity (Wildman–Crippen MR) is 146 cm³/mol. The monoisotopic (exact) mass is 580 g/mol. The van der Waals surface area contributed by atoms with Crippen molar-refractivity contribution in [3.8, 4) is 17.1 Å². The fourth-order valence-corrected chi connectivity index (χ4v) is 4.40. The molecule has 0 atom stereocenters. The molecule has 0 bridgehead atoms. The molecular formula is C28H20ClF3N6O3. The third-order valence-corrected chi connectivity index (χ3v) is 6.34. The van der Waals surface area contributed by atoms with Gasteiger partial charge < -0.3 is 15.7 Å². The fraction of sp³-hybridized carbons (Fsp3) is 0.107. The second kappa shape index (κ2) is 11.4. The Bertz CT molecular complexity index is 1740. The highest BCUT2D eigenvalue weighted by Gasteiger charge is 2.36. The number of para-hydroxylation sites is 1. The average Bonchev–Trinajstić information content (AvgIpc) is 3.33. The molecule has 0 aliphatic heterocycles. The van der Waals surface area contributed by atoms with Gasteiger partial charge in [-0.3, -0.25) is 9.59 Å². The molecule has 0 fully saturated rings. The molecule has 13 heteroatoms. The van der Waals surface area contributed by atoms with E-state index in [0.29, 0.717) is 22.7 Å². The van der Waals surface area contributed by atoms with Crippen molar-refractivity contribution in [2.45, 2.75) is 6.18 Å². The first kappa shape index (κ1) is 27.7. The number of benzene rings is 3. The molecule has 2 amide bonds. The Kier molecular flexibility index (Phi) is 7.68. The number of rotatable bonds is 7. The smallest absolute Gasteiger partial charge is 0.395 e. The first-order chi connectivity index (χ1) is 19.7. The van der Waals surface area contributed by atoms with Crippen LogP contribution in [-0.4, -0.2) is 49.8 Å². The molecule has 0 unspecified atom stereocenters. The van der Waals surface area contributed by atoms with Crippen LogP contribution in [0.2, 0.25) is 5.02 Å². The van der Waals surface area contributed by atoms with Crippen molar-refractivity contribution in [2.24, 2.45) is 0 Å². The maximum absolute atomic E-state index is 13.9. The third kappa shape index (κ3) is 5.74. The standard InChI is InChI=1S/C28H20ClF3N6O3/c29-22-15-21(28(30,31)32)19(24-33-9-4-10-34-24)14-20(22)27(41)36-25-18-8-7-16(26(40)35-11-12-39)13-23(18)37-38(25)17-5-2-1-3-6-17/h1-10,13-15,39H,11-12H2,(H,35,40)(H,36,41). The summed E-state index contributed by atoms with van der Waals surface area (Å²) in [7, 11) is 0. The van der Waals surface area contributed by atoms with Gasteiger partial charge in [0.15, 0.2) is 5.82 Å². The van der Waals surface area contributed by atoms with E-state index in [1.54, 1.807) is 36.4 Å². The van der Waals surface area contributed by atoms with Gasteiger partial charge in [-0.15, -0.1) is 0 Å². The van der Waals surface area contributed by atoms with Crippen LogP contribution in [0.3, 0.4) is 0 Å². The Hall–Kier alpha value is -4.81. The number of aliphatic hydroxyl groups excluding tert-OH is 1. The van der Waals surface area contributed by atoms with Gasteiger partial charge in [-0.05, 0) is 48.5 Å². The quantitative estimate of drug-likeness (QED) is 0.245. The van der Waals surface area contributed by atoms with Gasteiger partial charge in [-0.2, -0.15) is 18.3 Å². The lowest BCUT2D eigenvalue weighted by atomic mass is 10.0. The lowest BCUT2D eigenvalue weighted by Crippen LogP contribution is -2.26.